The van der Waals surface area contributed by atoms with Crippen molar-refractivity contribution in [2.24, 2.45) is 10.8 Å². The lowest BCUT2D eigenvalue weighted by Gasteiger charge is -2.34. The fraction of sp³-hybridized carbons (Fsp3) is 0.560. The maximum absolute atomic E-state index is 15.2. The van der Waals surface area contributed by atoms with Crippen LogP contribution in [-0.4, -0.2) is 173 Å². The number of alkyl halides is 8. The summed E-state index contributed by atoms with van der Waals surface area (Å²) in [6.07, 6.45) is -8.13. The summed E-state index contributed by atoms with van der Waals surface area (Å²) in [5.41, 5.74) is -12.7. The molecule has 0 bridgehead atoms. The van der Waals surface area contributed by atoms with Gasteiger partial charge >= 0.3 is 52.9 Å². The van der Waals surface area contributed by atoms with Crippen molar-refractivity contribution in [2.75, 3.05) is 28.2 Å². The van der Waals surface area contributed by atoms with Crippen molar-refractivity contribution in [2.45, 2.75) is 242 Å². The first kappa shape index (κ1) is 94.4. The highest BCUT2D eigenvalue weighted by Crippen LogP contribution is 2.38. The van der Waals surface area contributed by atoms with Crippen LogP contribution in [0, 0.1) is 10.8 Å². The van der Waals surface area contributed by atoms with Gasteiger partial charge in [0.05, 0.1) is 0 Å². The molecular weight excluding hydrogens is 1460 g/mol. The highest BCUT2D eigenvalue weighted by Gasteiger charge is 2.43. The number of ether oxygens (including phenoxy) is 7. The van der Waals surface area contributed by atoms with Crippen LogP contribution in [0.5, 0.6) is 0 Å². The Hall–Kier alpha value is -7.70. The minimum atomic E-state index is -4.52. The Bertz CT molecular complexity index is 3490. The van der Waals surface area contributed by atoms with E-state index in [4.69, 9.17) is 33.2 Å². The van der Waals surface area contributed by atoms with Gasteiger partial charge in [-0.3, -0.25) is 19.3 Å². The number of hydrogen-bond donors (Lipinski definition) is 1. The van der Waals surface area contributed by atoms with Crippen molar-refractivity contribution < 1.29 is 111 Å². The van der Waals surface area contributed by atoms with Gasteiger partial charge < -0.3 is 48.3 Å². The molecule has 106 heavy (non-hydrogen) atoms. The van der Waals surface area contributed by atoms with E-state index >= 15 is 8.78 Å². The lowest BCUT2D eigenvalue weighted by molar-refractivity contribution is -0.175. The monoisotopic (exact) mass is 1560 g/mol. The molecule has 1 N–H and O–H groups in total. The van der Waals surface area contributed by atoms with Crippen molar-refractivity contribution in [1.29, 1.82) is 0 Å². The van der Waals surface area contributed by atoms with Gasteiger partial charge in [0.15, 0.2) is 12.2 Å². The van der Waals surface area contributed by atoms with E-state index in [9.17, 15) is 69.5 Å². The molecule has 3 amide bonds. The fourth-order valence-corrected chi connectivity index (χ4v) is 11.1. The Kier molecular flexibility index (Phi) is 36.5. The van der Waals surface area contributed by atoms with Gasteiger partial charge in [-0.2, -0.15) is 26.3 Å². The number of carbonyl (C=O) groups is 9. The molecule has 0 spiro atoms. The molecule has 8 atom stereocenters. The average molecular weight is 1570 g/mol. The van der Waals surface area contributed by atoms with E-state index in [0.29, 0.717) is 28.7 Å². The zero-order valence-electron chi connectivity index (χ0n) is 63.3. The minimum absolute atomic E-state index is 0. The van der Waals surface area contributed by atoms with Crippen LogP contribution in [0.4, 0.5) is 39.9 Å². The number of nitrogens with zero attached hydrogens (tertiary/aromatic N) is 3. The molecule has 0 unspecified atom stereocenters. The van der Waals surface area contributed by atoms with Crippen LogP contribution in [0.25, 0.3) is 0 Å². The largest absolute Gasteiger partial charge is 0.458 e. The number of carbonyl (C=O) groups excluding carboxylic acids is 9. The number of halogens is 9. The van der Waals surface area contributed by atoms with Crippen LogP contribution in [0.1, 0.15) is 152 Å². The van der Waals surface area contributed by atoms with Gasteiger partial charge in [0.1, 0.15) is 54.3 Å². The molecule has 4 aromatic carbocycles. The first-order valence-corrected chi connectivity index (χ1v) is 35.2. The number of amides is 3. The molecule has 0 fully saturated rings. The first-order chi connectivity index (χ1) is 48.1. The topological polar surface area (TPSA) is 240 Å². The van der Waals surface area contributed by atoms with Crippen LogP contribution in [0.15, 0.2) is 119 Å². The van der Waals surface area contributed by atoms with Gasteiger partial charge in [0, 0.05) is 56.6 Å². The fourth-order valence-electron chi connectivity index (χ4n) is 10.0. The zero-order valence-corrected chi connectivity index (χ0v) is 65.7. The predicted octanol–water partition coefficient (Wildman–Crippen LogP) is 14.9. The van der Waals surface area contributed by atoms with E-state index in [-0.39, 0.29) is 83.6 Å². The lowest BCUT2D eigenvalue weighted by atomic mass is 9.87. The number of thioether (sulfide) groups is 2. The average Bonchev–Trinajstić information content (AvgIpc) is 0.832. The highest BCUT2D eigenvalue weighted by molar-refractivity contribution is 8.00. The van der Waals surface area contributed by atoms with Crippen LogP contribution < -0.4 is 5.32 Å². The van der Waals surface area contributed by atoms with Crippen LogP contribution >= 0.6 is 35.9 Å². The molecule has 31 heteroatoms. The van der Waals surface area contributed by atoms with Crippen molar-refractivity contribution in [1.82, 2.24) is 20.0 Å². The summed E-state index contributed by atoms with van der Waals surface area (Å²) in [6.45, 7) is 23.3. The van der Waals surface area contributed by atoms with E-state index in [1.807, 2.05) is 41.5 Å². The Balaban J connectivity index is 0.000000719. The summed E-state index contributed by atoms with van der Waals surface area (Å²) >= 11 is -0.632. The molecular formula is C75H101ClF8N4O16S2. The first-order valence-electron chi connectivity index (χ1n) is 33.6. The maximum Gasteiger partial charge on any atom is 0.446 e. The van der Waals surface area contributed by atoms with Crippen molar-refractivity contribution in [3.8, 4) is 0 Å². The molecule has 0 aromatic heterocycles. The predicted molar refractivity (Wildman–Crippen MR) is 386 cm³/mol. The molecule has 20 nitrogen and oxygen atoms in total. The number of nitrogens with one attached hydrogen (secondary N) is 1. The van der Waals surface area contributed by atoms with E-state index < -0.39 is 149 Å². The Morgan fingerprint density at radius 1 is 0.415 bits per heavy atom. The molecule has 4 aromatic rings. The Morgan fingerprint density at radius 3 is 1.04 bits per heavy atom. The number of rotatable bonds is 32. The Labute approximate surface area is 630 Å². The highest BCUT2D eigenvalue weighted by atomic mass is 35.5. The zero-order chi connectivity index (χ0) is 80.0. The molecule has 0 aliphatic rings. The SMILES string of the molecule is CN[C@@H](CC(C)(C)C)C(=O)O[C@H](C)C(=O)N(C)[C@@H](CC(C)(C)F)C(=O)O[C@H](Cc1ccc(SC(F)(F)F)cc1)C(=O)OCc1ccccc1.C[C@@H](OC(=O)[C@H](CC(C)(C)C)N(C)C(=O)OC(C)(C)C)C(=O)N(C)[C@@H](CC(C)(C)F)C(=O)O[C@H](Cc1ccc(SC(F)(F)F)cc1)C(=O)OCc1ccccc1.Cl. The summed E-state index contributed by atoms with van der Waals surface area (Å²) in [6, 6.07) is 22.4. The van der Waals surface area contributed by atoms with E-state index in [2.05, 4.69) is 5.32 Å². The van der Waals surface area contributed by atoms with Gasteiger partial charge in [0.25, 0.3) is 11.8 Å². The van der Waals surface area contributed by atoms with E-state index in [1.54, 1.807) is 88.5 Å². The summed E-state index contributed by atoms with van der Waals surface area (Å²) in [7, 11) is 5.37. The molecule has 0 heterocycles. The number of esters is 6. The Morgan fingerprint density at radius 2 is 0.736 bits per heavy atom. The normalized spacial score (nSPS) is 14.4. The van der Waals surface area contributed by atoms with Crippen molar-refractivity contribution >= 4 is 89.7 Å². The second kappa shape index (κ2) is 41.0. The third-order valence-corrected chi connectivity index (χ3v) is 16.6. The molecule has 592 valence electrons. The van der Waals surface area contributed by atoms with Gasteiger partial charge in [-0.1, -0.05) is 126 Å². The standard InChI is InChI=1S/C40H54F4N2O9S.C35H46F4N2O7S.ClH/c1-25(53-33(48)29(22-37(2,3)4)46(11)36(51)55-38(5,6)7)32(47)45(10)30(23-39(8,9)41)34(49)54-31(35(50)52-24-27-15-13-12-14-16-27)21-26-17-19-28(20-18-26)56-40(42,43)44;1-22(47-30(43)26(40-7)19-33(2,3)4)29(42)41(8)27(20-34(5,6)36)31(44)48-28(32(45)46-21-24-12-10-9-11-13-24)18-23-14-16-25(17-15-23)49-35(37,38)39;/h12-20,25,29-31H,21-24H2,1-11H3;9-17,22,26-28,40H,18-21H2,1-8H3;1H/t25-,29+,30+,31-;22-,26+,27+,28-;/m11./s1. The molecule has 0 aliphatic carbocycles. The quantitative estimate of drug-likeness (QED) is 0.0207. The summed E-state index contributed by atoms with van der Waals surface area (Å²) in [5, 5.41) is 2.87. The van der Waals surface area contributed by atoms with Gasteiger partial charge in [0.2, 0.25) is 12.2 Å². The summed E-state index contributed by atoms with van der Waals surface area (Å²) in [4.78, 5) is 123. The molecule has 0 radical (unpaired) electrons. The number of benzene rings is 4. The summed E-state index contributed by atoms with van der Waals surface area (Å²) in [5.74, 6) is -7.61. The van der Waals surface area contributed by atoms with Crippen molar-refractivity contribution in [3.63, 3.8) is 0 Å². The van der Waals surface area contributed by atoms with Crippen LogP contribution in [0.2, 0.25) is 0 Å². The lowest BCUT2D eigenvalue weighted by Crippen LogP contribution is -2.52. The smallest absolute Gasteiger partial charge is 0.446 e. The van der Waals surface area contributed by atoms with E-state index in [0.717, 1.165) is 14.7 Å². The van der Waals surface area contributed by atoms with Gasteiger partial charge in [-0.15, -0.1) is 12.4 Å². The second-order valence-corrected chi connectivity index (χ2v) is 32.0. The number of hydrogen-bond acceptors (Lipinski definition) is 19. The summed E-state index contributed by atoms with van der Waals surface area (Å²) < 4.78 is 146. The minimum Gasteiger partial charge on any atom is -0.458 e. The maximum atomic E-state index is 15.2. The third-order valence-electron chi connectivity index (χ3n) is 15.1. The molecule has 0 aliphatic heterocycles. The number of likely N-dealkylation sites (N-methyl/N-ethyl adjacent to an activating group) is 4. The second-order valence-electron chi connectivity index (χ2n) is 29.7. The van der Waals surface area contributed by atoms with Gasteiger partial charge in [-0.05, 0) is 163 Å². The van der Waals surface area contributed by atoms with Gasteiger partial charge in [-0.25, -0.2) is 37.5 Å². The molecule has 4 rings (SSSR count). The van der Waals surface area contributed by atoms with E-state index in [1.165, 1.54) is 111 Å². The molecule has 0 saturated carbocycles. The third kappa shape index (κ3) is 36.3. The van der Waals surface area contributed by atoms with Crippen LogP contribution in [0.3, 0.4) is 0 Å². The molecule has 0 saturated heterocycles. The van der Waals surface area contributed by atoms with Crippen molar-refractivity contribution in [3.05, 3.63) is 131 Å². The van der Waals surface area contributed by atoms with Crippen LogP contribution in [-0.2, 0) is 97.6 Å².